The Morgan fingerprint density at radius 2 is 2.25 bits per heavy atom. The van der Waals surface area contributed by atoms with Gasteiger partial charge in [0.05, 0.1) is 10.5 Å². The quantitative estimate of drug-likeness (QED) is 0.374. The largest absolute Gasteiger partial charge is 0.359 e. The van der Waals surface area contributed by atoms with Gasteiger partial charge in [-0.15, -0.1) is 0 Å². The summed E-state index contributed by atoms with van der Waals surface area (Å²) in [5.74, 6) is 3.51. The minimum atomic E-state index is -0.853. The summed E-state index contributed by atoms with van der Waals surface area (Å²) in [5.41, 5.74) is 3.68. The van der Waals surface area contributed by atoms with E-state index < -0.39 is 22.1 Å². The van der Waals surface area contributed by atoms with Crippen molar-refractivity contribution in [3.63, 3.8) is 0 Å². The van der Waals surface area contributed by atoms with Crippen molar-refractivity contribution in [1.29, 1.82) is 0 Å². The molecule has 0 aromatic carbocycles. The summed E-state index contributed by atoms with van der Waals surface area (Å²) in [6.07, 6.45) is 1.20. The molecule has 1 aromatic heterocycles. The van der Waals surface area contributed by atoms with E-state index in [4.69, 9.17) is 5.73 Å². The molecular weight excluding hydrogens is 214 g/mol. The fourth-order valence-electron chi connectivity index (χ4n) is 1.09. The van der Waals surface area contributed by atoms with Gasteiger partial charge in [0.25, 0.3) is 5.91 Å². The fraction of sp³-hybridized carbons (Fsp3) is 0.111. The van der Waals surface area contributed by atoms with Crippen molar-refractivity contribution >= 4 is 11.6 Å². The van der Waals surface area contributed by atoms with E-state index in [0.717, 1.165) is 0 Å². The fourth-order valence-corrected chi connectivity index (χ4v) is 1.09. The molecule has 7 nitrogen and oxygen atoms in total. The van der Waals surface area contributed by atoms with Gasteiger partial charge in [0.1, 0.15) is 0 Å². The third-order valence-electron chi connectivity index (χ3n) is 1.82. The van der Waals surface area contributed by atoms with Gasteiger partial charge < -0.3 is 10.7 Å². The van der Waals surface area contributed by atoms with E-state index >= 15 is 0 Å². The second-order valence-corrected chi connectivity index (χ2v) is 2.88. The molecule has 1 aromatic rings. The van der Waals surface area contributed by atoms with E-state index in [2.05, 4.69) is 10.9 Å². The molecule has 1 heterocycles. The lowest BCUT2D eigenvalue weighted by Crippen LogP contribution is -2.14. The minimum absolute atomic E-state index is 0.0995. The van der Waals surface area contributed by atoms with Crippen molar-refractivity contribution in [3.8, 4) is 11.8 Å². The molecule has 0 unspecified atom stereocenters. The molecule has 7 heteroatoms. The van der Waals surface area contributed by atoms with Gasteiger partial charge in [-0.05, 0) is 6.92 Å². The lowest BCUT2D eigenvalue weighted by Gasteiger charge is -1.97. The van der Waals surface area contributed by atoms with E-state index in [1.165, 1.54) is 13.1 Å². The zero-order valence-corrected chi connectivity index (χ0v) is 8.23. The molecule has 0 saturated carbocycles. The Kier molecular flexibility index (Phi) is 3.06. The number of aromatic nitrogens is 1. The van der Waals surface area contributed by atoms with E-state index in [1.54, 1.807) is 0 Å². The predicted octanol–water partition coefficient (Wildman–Crippen LogP) is -0.572. The second kappa shape index (κ2) is 4.27. The molecule has 0 bridgehead atoms. The Bertz CT molecular complexity index is 577. The van der Waals surface area contributed by atoms with E-state index in [1.807, 2.05) is 5.92 Å². The van der Waals surface area contributed by atoms with Gasteiger partial charge in [0.15, 0.2) is 0 Å². The maximum Gasteiger partial charge on any atom is 0.337 e. The number of aromatic amines is 1. The number of hydrogen-bond acceptors (Lipinski definition) is 4. The number of amides is 1. The van der Waals surface area contributed by atoms with Gasteiger partial charge in [-0.1, -0.05) is 5.92 Å². The van der Waals surface area contributed by atoms with Gasteiger partial charge in [-0.2, -0.15) is 0 Å². The normalized spacial score (nSPS) is 9.06. The molecule has 0 spiro atoms. The molecule has 0 aliphatic carbocycles. The standard InChI is InChI=1S/C9H7N3O4/c1-5-6(2-3-7(10)13)4-11-9(14)8(5)12(15)16/h4H,1H3,(H2,10,13)(H,11,14). The molecular formula is C9H7N3O4. The Morgan fingerprint density at radius 3 is 2.75 bits per heavy atom. The van der Waals surface area contributed by atoms with Crippen LogP contribution in [0.4, 0.5) is 5.69 Å². The minimum Gasteiger partial charge on any atom is -0.359 e. The Balaban J connectivity index is 3.43. The number of nitrogens with one attached hydrogen (secondary N) is 1. The highest BCUT2D eigenvalue weighted by atomic mass is 16.6. The summed E-state index contributed by atoms with van der Waals surface area (Å²) in [4.78, 5) is 33.5. The van der Waals surface area contributed by atoms with Crippen molar-refractivity contribution in [1.82, 2.24) is 4.98 Å². The highest BCUT2D eigenvalue weighted by Crippen LogP contribution is 2.14. The first-order valence-electron chi connectivity index (χ1n) is 4.11. The topological polar surface area (TPSA) is 119 Å². The van der Waals surface area contributed by atoms with Gasteiger partial charge >= 0.3 is 11.2 Å². The Morgan fingerprint density at radius 1 is 1.62 bits per heavy atom. The Hall–Kier alpha value is -2.62. The lowest BCUT2D eigenvalue weighted by atomic mass is 10.1. The van der Waals surface area contributed by atoms with Gasteiger partial charge in [0.2, 0.25) is 0 Å². The summed E-state index contributed by atoms with van der Waals surface area (Å²) >= 11 is 0. The highest BCUT2D eigenvalue weighted by Gasteiger charge is 2.18. The van der Waals surface area contributed by atoms with Crippen LogP contribution in [0.3, 0.4) is 0 Å². The third-order valence-corrected chi connectivity index (χ3v) is 1.82. The monoisotopic (exact) mass is 221 g/mol. The van der Waals surface area contributed by atoms with E-state index in [0.29, 0.717) is 0 Å². The molecule has 0 radical (unpaired) electrons. The summed E-state index contributed by atoms with van der Waals surface area (Å²) in [6, 6.07) is 0. The molecule has 0 fully saturated rings. The number of carbonyl (C=O) groups excluding carboxylic acids is 1. The van der Waals surface area contributed by atoms with Crippen LogP contribution < -0.4 is 11.3 Å². The molecule has 82 valence electrons. The molecule has 0 atom stereocenters. The van der Waals surface area contributed by atoms with Crippen LogP contribution in [0.5, 0.6) is 0 Å². The van der Waals surface area contributed by atoms with Crippen LogP contribution in [-0.4, -0.2) is 15.8 Å². The van der Waals surface area contributed by atoms with Crippen LogP contribution in [0.1, 0.15) is 11.1 Å². The summed E-state index contributed by atoms with van der Waals surface area (Å²) < 4.78 is 0. The Labute approximate surface area is 89.4 Å². The summed E-state index contributed by atoms with van der Waals surface area (Å²) in [7, 11) is 0. The third kappa shape index (κ3) is 2.24. The number of nitrogens with zero attached hydrogens (tertiary/aromatic N) is 1. The predicted molar refractivity (Wildman–Crippen MR) is 54.5 cm³/mol. The number of pyridine rings is 1. The molecule has 0 saturated heterocycles. The maximum atomic E-state index is 11.1. The van der Waals surface area contributed by atoms with Gasteiger partial charge in [0, 0.05) is 17.7 Å². The molecule has 0 aliphatic heterocycles. The van der Waals surface area contributed by atoms with E-state index in [-0.39, 0.29) is 11.1 Å². The van der Waals surface area contributed by atoms with Crippen LogP contribution in [-0.2, 0) is 4.79 Å². The average Bonchev–Trinajstić information content (AvgIpc) is 2.15. The first kappa shape index (κ1) is 11.5. The van der Waals surface area contributed by atoms with Crippen molar-refractivity contribution in [2.75, 3.05) is 0 Å². The number of carbonyl (C=O) groups is 1. The van der Waals surface area contributed by atoms with Crippen molar-refractivity contribution in [2.45, 2.75) is 6.92 Å². The van der Waals surface area contributed by atoms with E-state index in [9.17, 15) is 19.7 Å². The number of H-pyrrole nitrogens is 1. The van der Waals surface area contributed by atoms with Crippen LogP contribution in [0.15, 0.2) is 11.0 Å². The van der Waals surface area contributed by atoms with Gasteiger partial charge in [-0.25, -0.2) is 0 Å². The smallest absolute Gasteiger partial charge is 0.337 e. The van der Waals surface area contributed by atoms with Gasteiger partial charge in [-0.3, -0.25) is 19.7 Å². The molecule has 3 N–H and O–H groups in total. The first-order valence-corrected chi connectivity index (χ1v) is 4.11. The maximum absolute atomic E-state index is 11.1. The SMILES string of the molecule is Cc1c(C#CC(N)=O)c[nH]c(=O)c1[N+](=O)[O-]. The van der Waals surface area contributed by atoms with Crippen LogP contribution in [0.2, 0.25) is 0 Å². The first-order chi connectivity index (χ1) is 7.43. The zero-order chi connectivity index (χ0) is 12.3. The van der Waals surface area contributed by atoms with Crippen LogP contribution >= 0.6 is 0 Å². The van der Waals surface area contributed by atoms with Crippen molar-refractivity contribution < 1.29 is 9.72 Å². The number of hydrogen-bond donors (Lipinski definition) is 2. The van der Waals surface area contributed by atoms with Crippen molar-refractivity contribution in [2.24, 2.45) is 5.73 Å². The van der Waals surface area contributed by atoms with Crippen molar-refractivity contribution in [3.05, 3.63) is 37.8 Å². The number of nitro groups is 1. The summed E-state index contributed by atoms with van der Waals surface area (Å²) in [6.45, 7) is 1.37. The summed E-state index contributed by atoms with van der Waals surface area (Å²) in [5, 5.41) is 10.6. The lowest BCUT2D eigenvalue weighted by molar-refractivity contribution is -0.386. The van der Waals surface area contributed by atoms with Crippen LogP contribution in [0, 0.1) is 28.9 Å². The second-order valence-electron chi connectivity index (χ2n) is 2.88. The van der Waals surface area contributed by atoms with Crippen LogP contribution in [0.25, 0.3) is 0 Å². The number of nitrogens with two attached hydrogens (primary N) is 1. The zero-order valence-electron chi connectivity index (χ0n) is 8.23. The molecule has 16 heavy (non-hydrogen) atoms. The number of primary amides is 1. The number of rotatable bonds is 1. The molecule has 1 rings (SSSR count). The molecule has 1 amide bonds. The molecule has 0 aliphatic rings. The highest BCUT2D eigenvalue weighted by molar-refractivity contribution is 5.92. The average molecular weight is 221 g/mol.